The second-order valence-electron chi connectivity index (χ2n) is 4.06. The number of carboxylic acid groups (broad SMARTS) is 1. The van der Waals surface area contributed by atoms with Crippen molar-refractivity contribution in [2.45, 2.75) is 31.8 Å². The van der Waals surface area contributed by atoms with E-state index in [1.807, 2.05) is 6.92 Å². The SMILES string of the molecule is Cc1cnc(CNC(=O)NC2(C(=O)O)CC2)s1. The number of aryl methyl sites for hydroxylation is 1. The summed E-state index contributed by atoms with van der Waals surface area (Å²) in [5.74, 6) is -0.974. The molecule has 3 N–H and O–H groups in total. The van der Waals surface area contributed by atoms with Gasteiger partial charge in [0.15, 0.2) is 0 Å². The van der Waals surface area contributed by atoms with E-state index < -0.39 is 17.5 Å². The Morgan fingerprint density at radius 3 is 2.76 bits per heavy atom. The summed E-state index contributed by atoms with van der Waals surface area (Å²) in [6.07, 6.45) is 2.72. The van der Waals surface area contributed by atoms with Crippen LogP contribution in [0.1, 0.15) is 22.7 Å². The molecule has 1 aliphatic rings. The molecular weight excluding hydrogens is 242 g/mol. The fourth-order valence-corrected chi connectivity index (χ4v) is 2.14. The minimum absolute atomic E-state index is 0.319. The Bertz CT molecular complexity index is 453. The number of rotatable bonds is 4. The topological polar surface area (TPSA) is 91.3 Å². The molecule has 6 nitrogen and oxygen atoms in total. The van der Waals surface area contributed by atoms with Crippen LogP contribution in [0.4, 0.5) is 4.79 Å². The van der Waals surface area contributed by atoms with Gasteiger partial charge in [0.1, 0.15) is 10.5 Å². The minimum atomic E-state index is -1.04. The van der Waals surface area contributed by atoms with Gasteiger partial charge in [0.05, 0.1) is 6.54 Å². The first kappa shape index (κ1) is 11.8. The average Bonchev–Trinajstić information content (AvgIpc) is 2.92. The molecule has 0 atom stereocenters. The van der Waals surface area contributed by atoms with Crippen LogP contribution in [0.25, 0.3) is 0 Å². The van der Waals surface area contributed by atoms with Crippen LogP contribution in [0.15, 0.2) is 6.20 Å². The number of thiazole rings is 1. The molecule has 7 heteroatoms. The second-order valence-corrected chi connectivity index (χ2v) is 5.38. The first-order chi connectivity index (χ1) is 8.02. The number of hydrogen-bond donors (Lipinski definition) is 3. The van der Waals surface area contributed by atoms with Gasteiger partial charge in [-0.2, -0.15) is 0 Å². The molecule has 1 aliphatic carbocycles. The van der Waals surface area contributed by atoms with Crippen LogP contribution in [-0.2, 0) is 11.3 Å². The second kappa shape index (κ2) is 4.33. The molecule has 1 aromatic heterocycles. The molecule has 0 bridgehead atoms. The Hall–Kier alpha value is -1.63. The van der Waals surface area contributed by atoms with Gasteiger partial charge in [0.25, 0.3) is 0 Å². The van der Waals surface area contributed by atoms with Gasteiger partial charge in [0, 0.05) is 11.1 Å². The highest BCUT2D eigenvalue weighted by Crippen LogP contribution is 2.35. The fourth-order valence-electron chi connectivity index (χ4n) is 1.42. The number of nitrogens with one attached hydrogen (secondary N) is 2. The van der Waals surface area contributed by atoms with E-state index in [0.717, 1.165) is 9.88 Å². The summed E-state index contributed by atoms with van der Waals surface area (Å²) in [5, 5.41) is 14.8. The zero-order valence-electron chi connectivity index (χ0n) is 9.32. The smallest absolute Gasteiger partial charge is 0.329 e. The molecule has 0 spiro atoms. The molecule has 17 heavy (non-hydrogen) atoms. The van der Waals surface area contributed by atoms with Crippen LogP contribution in [0.3, 0.4) is 0 Å². The predicted molar refractivity (Wildman–Crippen MR) is 61.8 cm³/mol. The summed E-state index contributed by atoms with van der Waals surface area (Å²) in [6, 6.07) is -0.460. The molecule has 2 amide bonds. The van der Waals surface area contributed by atoms with Gasteiger partial charge in [0.2, 0.25) is 0 Å². The summed E-state index contributed by atoms with van der Waals surface area (Å²) in [5.41, 5.74) is -1.04. The van der Waals surface area contributed by atoms with Gasteiger partial charge >= 0.3 is 12.0 Å². The number of nitrogens with zero attached hydrogens (tertiary/aromatic N) is 1. The lowest BCUT2D eigenvalue weighted by molar-refractivity contribution is -0.140. The van der Waals surface area contributed by atoms with E-state index in [2.05, 4.69) is 15.6 Å². The van der Waals surface area contributed by atoms with Crippen LogP contribution in [0.2, 0.25) is 0 Å². The number of aliphatic carboxylic acids is 1. The minimum Gasteiger partial charge on any atom is -0.480 e. The normalized spacial score (nSPS) is 16.3. The van der Waals surface area contributed by atoms with Gasteiger partial charge in [-0.3, -0.25) is 0 Å². The van der Waals surface area contributed by atoms with Crippen molar-refractivity contribution >= 4 is 23.3 Å². The van der Waals surface area contributed by atoms with Crippen molar-refractivity contribution in [3.63, 3.8) is 0 Å². The maximum absolute atomic E-state index is 11.5. The van der Waals surface area contributed by atoms with Crippen molar-refractivity contribution in [1.29, 1.82) is 0 Å². The quantitative estimate of drug-likeness (QED) is 0.744. The van der Waals surface area contributed by atoms with E-state index in [0.29, 0.717) is 19.4 Å². The van der Waals surface area contributed by atoms with Crippen LogP contribution in [0, 0.1) is 6.92 Å². The molecule has 92 valence electrons. The van der Waals surface area contributed by atoms with Gasteiger partial charge in [-0.25, -0.2) is 14.6 Å². The molecule has 1 aromatic rings. The lowest BCUT2D eigenvalue weighted by Crippen LogP contribution is -2.47. The van der Waals surface area contributed by atoms with E-state index >= 15 is 0 Å². The van der Waals surface area contributed by atoms with Gasteiger partial charge in [-0.15, -0.1) is 11.3 Å². The molecule has 1 heterocycles. The molecule has 1 fully saturated rings. The maximum Gasteiger partial charge on any atom is 0.329 e. The van der Waals surface area contributed by atoms with Gasteiger partial charge in [-0.05, 0) is 19.8 Å². The Balaban J connectivity index is 1.80. The van der Waals surface area contributed by atoms with Crippen molar-refractivity contribution in [2.24, 2.45) is 0 Å². The molecule has 0 aromatic carbocycles. The average molecular weight is 255 g/mol. The van der Waals surface area contributed by atoms with E-state index in [1.54, 1.807) is 6.20 Å². The van der Waals surface area contributed by atoms with Crippen molar-refractivity contribution in [3.05, 3.63) is 16.1 Å². The third kappa shape index (κ3) is 2.73. The molecule has 0 aliphatic heterocycles. The summed E-state index contributed by atoms with van der Waals surface area (Å²) in [7, 11) is 0. The van der Waals surface area contributed by atoms with Crippen molar-refractivity contribution in [1.82, 2.24) is 15.6 Å². The van der Waals surface area contributed by atoms with Crippen LogP contribution in [-0.4, -0.2) is 27.6 Å². The highest BCUT2D eigenvalue weighted by molar-refractivity contribution is 7.11. The summed E-state index contributed by atoms with van der Waals surface area (Å²) < 4.78 is 0. The Morgan fingerprint density at radius 2 is 2.29 bits per heavy atom. The van der Waals surface area contributed by atoms with Crippen molar-refractivity contribution in [3.8, 4) is 0 Å². The number of aromatic nitrogens is 1. The highest BCUT2D eigenvalue weighted by atomic mass is 32.1. The zero-order valence-corrected chi connectivity index (χ0v) is 10.1. The summed E-state index contributed by atoms with van der Waals surface area (Å²) in [4.78, 5) is 27.5. The van der Waals surface area contributed by atoms with Gasteiger partial charge < -0.3 is 15.7 Å². The standard InChI is InChI=1S/C10H13N3O3S/c1-6-4-11-7(17-6)5-12-9(16)13-10(2-3-10)8(14)15/h4H,2-3,5H2,1H3,(H,14,15)(H2,12,13,16). The lowest BCUT2D eigenvalue weighted by atomic mass is 10.3. The predicted octanol–water partition coefficient (Wildman–Crippen LogP) is 0.868. The van der Waals surface area contributed by atoms with Crippen LogP contribution in [0.5, 0.6) is 0 Å². The Kier molecular flexibility index (Phi) is 3.01. The molecule has 0 radical (unpaired) electrons. The lowest BCUT2D eigenvalue weighted by Gasteiger charge is -2.12. The van der Waals surface area contributed by atoms with Crippen LogP contribution >= 0.6 is 11.3 Å². The number of carboxylic acids is 1. The van der Waals surface area contributed by atoms with Gasteiger partial charge in [-0.1, -0.05) is 0 Å². The zero-order chi connectivity index (χ0) is 12.5. The number of carbonyl (C=O) groups is 2. The fraction of sp³-hybridized carbons (Fsp3) is 0.500. The maximum atomic E-state index is 11.5. The number of hydrogen-bond acceptors (Lipinski definition) is 4. The Labute approximate surface area is 102 Å². The molecule has 1 saturated carbocycles. The third-order valence-electron chi connectivity index (χ3n) is 2.58. The van der Waals surface area contributed by atoms with Crippen molar-refractivity contribution < 1.29 is 14.7 Å². The van der Waals surface area contributed by atoms with E-state index in [4.69, 9.17) is 5.11 Å². The molecular formula is C10H13N3O3S. The molecule has 0 unspecified atom stereocenters. The number of amides is 2. The van der Waals surface area contributed by atoms with E-state index in [9.17, 15) is 9.59 Å². The molecule has 0 saturated heterocycles. The molecule has 2 rings (SSSR count). The van der Waals surface area contributed by atoms with Crippen LogP contribution < -0.4 is 10.6 Å². The number of carbonyl (C=O) groups excluding carboxylic acids is 1. The highest BCUT2D eigenvalue weighted by Gasteiger charge is 2.51. The first-order valence-electron chi connectivity index (χ1n) is 5.22. The monoisotopic (exact) mass is 255 g/mol. The third-order valence-corrected chi connectivity index (χ3v) is 3.49. The number of urea groups is 1. The first-order valence-corrected chi connectivity index (χ1v) is 6.04. The summed E-state index contributed by atoms with van der Waals surface area (Å²) >= 11 is 1.50. The van der Waals surface area contributed by atoms with E-state index in [1.165, 1.54) is 11.3 Å². The summed E-state index contributed by atoms with van der Waals surface area (Å²) in [6.45, 7) is 2.25. The van der Waals surface area contributed by atoms with E-state index in [-0.39, 0.29) is 0 Å². The van der Waals surface area contributed by atoms with Crippen molar-refractivity contribution in [2.75, 3.05) is 0 Å². The Morgan fingerprint density at radius 1 is 1.59 bits per heavy atom. The largest absolute Gasteiger partial charge is 0.480 e.